The summed E-state index contributed by atoms with van der Waals surface area (Å²) in [7, 11) is 0. The maximum absolute atomic E-state index is 13.5. The van der Waals surface area contributed by atoms with Crippen molar-refractivity contribution in [2.24, 2.45) is 0 Å². The summed E-state index contributed by atoms with van der Waals surface area (Å²) in [6, 6.07) is 5.01. The average molecular weight is 446 g/mol. The number of rotatable bonds is 6. The Kier molecular flexibility index (Phi) is 7.97. The van der Waals surface area contributed by atoms with Gasteiger partial charge in [-0.05, 0) is 91.3 Å². The van der Waals surface area contributed by atoms with Gasteiger partial charge in [-0.1, -0.05) is 18.2 Å². The molecule has 32 heavy (non-hydrogen) atoms. The summed E-state index contributed by atoms with van der Waals surface area (Å²) in [5.41, 5.74) is 1.75. The van der Waals surface area contributed by atoms with Gasteiger partial charge < -0.3 is 20.3 Å². The molecule has 1 unspecified atom stereocenters. The van der Waals surface area contributed by atoms with Crippen LogP contribution in [0.15, 0.2) is 18.2 Å². The van der Waals surface area contributed by atoms with Crippen molar-refractivity contribution in [3.8, 4) is 0 Å². The molecule has 0 spiro atoms. The second kappa shape index (κ2) is 9.92. The fourth-order valence-electron chi connectivity index (χ4n) is 3.70. The Morgan fingerprint density at radius 3 is 2.22 bits per heavy atom. The molecule has 0 radical (unpaired) electrons. The van der Waals surface area contributed by atoms with E-state index in [4.69, 9.17) is 4.74 Å². The monoisotopic (exact) mass is 445 g/mol. The Morgan fingerprint density at radius 2 is 1.72 bits per heavy atom. The Balaban J connectivity index is 2.38. The van der Waals surface area contributed by atoms with E-state index in [0.29, 0.717) is 0 Å². The van der Waals surface area contributed by atoms with E-state index in [1.54, 1.807) is 25.7 Å². The Bertz CT molecular complexity index is 848. The first kappa shape index (κ1) is 25.7. The molecule has 1 aliphatic rings. The van der Waals surface area contributed by atoms with Crippen LogP contribution in [0, 0.1) is 13.8 Å². The second-order valence-corrected chi connectivity index (χ2v) is 10.7. The number of nitrogens with one attached hydrogen (secondary N) is 2. The van der Waals surface area contributed by atoms with Crippen LogP contribution in [-0.4, -0.2) is 46.5 Å². The summed E-state index contributed by atoms with van der Waals surface area (Å²) >= 11 is 0. The van der Waals surface area contributed by atoms with Gasteiger partial charge in [0.1, 0.15) is 18.2 Å². The van der Waals surface area contributed by atoms with Crippen molar-refractivity contribution in [3.05, 3.63) is 34.9 Å². The zero-order valence-corrected chi connectivity index (χ0v) is 20.8. The molecule has 0 bridgehead atoms. The molecule has 7 heteroatoms. The maximum atomic E-state index is 13.5. The van der Waals surface area contributed by atoms with Crippen LogP contribution in [-0.2, 0) is 14.3 Å². The summed E-state index contributed by atoms with van der Waals surface area (Å²) in [6.45, 7) is 14.8. The van der Waals surface area contributed by atoms with Gasteiger partial charge >= 0.3 is 6.09 Å². The van der Waals surface area contributed by atoms with E-state index < -0.39 is 23.3 Å². The second-order valence-electron chi connectivity index (χ2n) is 10.7. The van der Waals surface area contributed by atoms with E-state index in [9.17, 15) is 14.4 Å². The predicted molar refractivity (Wildman–Crippen MR) is 125 cm³/mol. The van der Waals surface area contributed by atoms with Crippen LogP contribution in [0.2, 0.25) is 0 Å². The maximum Gasteiger partial charge on any atom is 0.408 e. The third kappa shape index (κ3) is 6.97. The molecule has 178 valence electrons. The number of hydrogen-bond donors (Lipinski definition) is 2. The van der Waals surface area contributed by atoms with Gasteiger partial charge in [0.15, 0.2) is 0 Å². The molecule has 1 aliphatic carbocycles. The highest BCUT2D eigenvalue weighted by atomic mass is 16.6. The first-order chi connectivity index (χ1) is 14.7. The Hall–Kier alpha value is -2.57. The van der Waals surface area contributed by atoms with E-state index in [-0.39, 0.29) is 24.4 Å². The van der Waals surface area contributed by atoms with Gasteiger partial charge in [0.2, 0.25) is 11.8 Å². The predicted octanol–water partition coefficient (Wildman–Crippen LogP) is 4.17. The van der Waals surface area contributed by atoms with E-state index in [1.807, 2.05) is 52.8 Å². The minimum atomic E-state index is -0.771. The third-order valence-corrected chi connectivity index (χ3v) is 5.50. The highest BCUT2D eigenvalue weighted by Crippen LogP contribution is 2.35. The van der Waals surface area contributed by atoms with Gasteiger partial charge in [0.25, 0.3) is 0 Å². The standard InChI is InChI=1S/C25H39N3O4/c1-16-11-9-14-19(17(16)2)21(22(30)27-24(3,4)5)28(18-12-10-13-18)20(29)15-26-23(31)32-25(6,7)8/h9,11,14,18,21H,10,12-13,15H2,1-8H3,(H,26,31)(H,27,30). The summed E-state index contributed by atoms with van der Waals surface area (Å²) in [4.78, 5) is 40.7. The highest BCUT2D eigenvalue weighted by molar-refractivity contribution is 5.91. The Labute approximate surface area is 192 Å². The molecule has 1 aromatic rings. The minimum Gasteiger partial charge on any atom is -0.444 e. The molecular formula is C25H39N3O4. The summed E-state index contributed by atoms with van der Waals surface area (Å²) in [5.74, 6) is -0.515. The number of carbonyl (C=O) groups excluding carboxylic acids is 3. The number of carbonyl (C=O) groups is 3. The van der Waals surface area contributed by atoms with Crippen molar-refractivity contribution in [3.63, 3.8) is 0 Å². The van der Waals surface area contributed by atoms with Crippen LogP contribution >= 0.6 is 0 Å². The summed E-state index contributed by atoms with van der Waals surface area (Å²) < 4.78 is 5.26. The van der Waals surface area contributed by atoms with E-state index in [1.165, 1.54) is 0 Å². The van der Waals surface area contributed by atoms with Crippen LogP contribution < -0.4 is 10.6 Å². The smallest absolute Gasteiger partial charge is 0.408 e. The van der Waals surface area contributed by atoms with Crippen molar-refractivity contribution in [2.75, 3.05) is 6.54 Å². The van der Waals surface area contributed by atoms with Crippen molar-refractivity contribution < 1.29 is 19.1 Å². The van der Waals surface area contributed by atoms with Crippen LogP contribution in [0.1, 0.15) is 83.5 Å². The lowest BCUT2D eigenvalue weighted by molar-refractivity contribution is -0.145. The molecule has 1 fully saturated rings. The lowest BCUT2D eigenvalue weighted by Crippen LogP contribution is -2.55. The lowest BCUT2D eigenvalue weighted by atomic mass is 9.87. The molecular weight excluding hydrogens is 406 g/mol. The first-order valence-corrected chi connectivity index (χ1v) is 11.4. The molecule has 2 rings (SSSR count). The molecule has 1 saturated carbocycles. The molecule has 7 nitrogen and oxygen atoms in total. The van der Waals surface area contributed by atoms with Crippen LogP contribution in [0.5, 0.6) is 0 Å². The van der Waals surface area contributed by atoms with Crippen molar-refractivity contribution in [1.82, 2.24) is 15.5 Å². The Morgan fingerprint density at radius 1 is 1.09 bits per heavy atom. The zero-order valence-electron chi connectivity index (χ0n) is 20.8. The number of ether oxygens (including phenoxy) is 1. The average Bonchev–Trinajstić information content (AvgIpc) is 2.58. The van der Waals surface area contributed by atoms with Crippen LogP contribution in [0.4, 0.5) is 4.79 Å². The topological polar surface area (TPSA) is 87.7 Å². The number of hydrogen-bond acceptors (Lipinski definition) is 4. The fourth-order valence-corrected chi connectivity index (χ4v) is 3.70. The molecule has 1 aromatic carbocycles. The van der Waals surface area contributed by atoms with E-state index >= 15 is 0 Å². The summed E-state index contributed by atoms with van der Waals surface area (Å²) in [5, 5.41) is 5.61. The molecule has 0 saturated heterocycles. The lowest BCUT2D eigenvalue weighted by Gasteiger charge is -2.43. The number of alkyl carbamates (subject to hydrolysis) is 1. The first-order valence-electron chi connectivity index (χ1n) is 11.4. The van der Waals surface area contributed by atoms with Gasteiger partial charge in [0, 0.05) is 11.6 Å². The van der Waals surface area contributed by atoms with Gasteiger partial charge in [-0.3, -0.25) is 9.59 Å². The van der Waals surface area contributed by atoms with Crippen molar-refractivity contribution in [2.45, 2.75) is 97.9 Å². The van der Waals surface area contributed by atoms with Gasteiger partial charge in [0.05, 0.1) is 0 Å². The number of amides is 3. The normalized spacial score (nSPS) is 15.4. The molecule has 1 atom stereocenters. The van der Waals surface area contributed by atoms with Gasteiger partial charge in [-0.2, -0.15) is 0 Å². The minimum absolute atomic E-state index is 0.0430. The zero-order chi connectivity index (χ0) is 24.3. The van der Waals surface area contributed by atoms with Gasteiger partial charge in [-0.25, -0.2) is 4.79 Å². The van der Waals surface area contributed by atoms with Gasteiger partial charge in [-0.15, -0.1) is 0 Å². The van der Waals surface area contributed by atoms with E-state index in [0.717, 1.165) is 36.0 Å². The number of benzene rings is 1. The third-order valence-electron chi connectivity index (χ3n) is 5.50. The van der Waals surface area contributed by atoms with E-state index in [2.05, 4.69) is 10.6 Å². The van der Waals surface area contributed by atoms with Crippen LogP contribution in [0.3, 0.4) is 0 Å². The van der Waals surface area contributed by atoms with Crippen LogP contribution in [0.25, 0.3) is 0 Å². The number of nitrogens with zero attached hydrogens (tertiary/aromatic N) is 1. The molecule has 2 N–H and O–H groups in total. The largest absolute Gasteiger partial charge is 0.444 e. The fraction of sp³-hybridized carbons (Fsp3) is 0.640. The van der Waals surface area contributed by atoms with Crippen molar-refractivity contribution >= 4 is 17.9 Å². The SMILES string of the molecule is Cc1cccc(C(C(=O)NC(C)(C)C)N(C(=O)CNC(=O)OC(C)(C)C)C2CCC2)c1C. The van der Waals surface area contributed by atoms with Crippen molar-refractivity contribution in [1.29, 1.82) is 0 Å². The molecule has 0 aliphatic heterocycles. The number of aryl methyl sites for hydroxylation is 1. The highest BCUT2D eigenvalue weighted by Gasteiger charge is 2.40. The molecule has 3 amide bonds. The quantitative estimate of drug-likeness (QED) is 0.688. The molecule has 0 aromatic heterocycles. The summed E-state index contributed by atoms with van der Waals surface area (Å²) in [6.07, 6.45) is 2.03. The molecule has 0 heterocycles.